The van der Waals surface area contributed by atoms with Crippen LogP contribution in [0.5, 0.6) is 0 Å². The molecular formula is C14H25N3OS. The zero-order chi connectivity index (χ0) is 14.4. The number of nitrogens with one attached hydrogen (secondary N) is 1. The minimum atomic E-state index is 0.0681. The largest absolute Gasteiger partial charge is 0.359 e. The molecule has 3 N–H and O–H groups in total. The fourth-order valence-corrected chi connectivity index (χ4v) is 3.34. The van der Waals surface area contributed by atoms with Crippen LogP contribution in [-0.4, -0.2) is 37.5 Å². The Hall–Kier alpha value is -0.910. The summed E-state index contributed by atoms with van der Waals surface area (Å²) in [7, 11) is 3.71. The number of rotatable bonds is 7. The van der Waals surface area contributed by atoms with Crippen molar-refractivity contribution in [2.75, 3.05) is 20.6 Å². The number of hydrogen-bond acceptors (Lipinski definition) is 4. The zero-order valence-corrected chi connectivity index (χ0v) is 13.1. The Labute approximate surface area is 120 Å². The number of thiophene rings is 1. The molecule has 1 aromatic heterocycles. The molecule has 0 aliphatic heterocycles. The Bertz CT molecular complexity index is 405. The Morgan fingerprint density at radius 2 is 2.26 bits per heavy atom. The Morgan fingerprint density at radius 1 is 1.58 bits per heavy atom. The molecule has 0 saturated heterocycles. The first kappa shape index (κ1) is 16.1. The molecule has 1 amide bonds. The number of carbonyl (C=O) groups excluding carboxylic acids is 1. The molecule has 4 nitrogen and oxygen atoms in total. The quantitative estimate of drug-likeness (QED) is 0.803. The van der Waals surface area contributed by atoms with E-state index in [1.165, 1.54) is 10.4 Å². The first-order valence-corrected chi connectivity index (χ1v) is 7.59. The van der Waals surface area contributed by atoms with Crippen LogP contribution in [0.3, 0.4) is 0 Å². The summed E-state index contributed by atoms with van der Waals surface area (Å²) < 4.78 is 0. The maximum Gasteiger partial charge on any atom is 0.221 e. The smallest absolute Gasteiger partial charge is 0.221 e. The van der Waals surface area contributed by atoms with E-state index in [1.54, 1.807) is 18.4 Å². The minimum absolute atomic E-state index is 0.0681. The number of hydrogen-bond donors (Lipinski definition) is 2. The van der Waals surface area contributed by atoms with Crippen molar-refractivity contribution in [3.8, 4) is 0 Å². The molecule has 2 atom stereocenters. The van der Waals surface area contributed by atoms with E-state index in [-0.39, 0.29) is 18.0 Å². The molecule has 1 heterocycles. The molecule has 19 heavy (non-hydrogen) atoms. The van der Waals surface area contributed by atoms with Gasteiger partial charge in [-0.1, -0.05) is 6.92 Å². The van der Waals surface area contributed by atoms with Crippen LogP contribution in [0.2, 0.25) is 0 Å². The fraction of sp³-hybridized carbons (Fsp3) is 0.643. The Morgan fingerprint density at radius 3 is 2.74 bits per heavy atom. The highest BCUT2D eigenvalue weighted by molar-refractivity contribution is 7.10. The second kappa shape index (κ2) is 7.62. The van der Waals surface area contributed by atoms with Gasteiger partial charge in [0.05, 0.1) is 6.04 Å². The van der Waals surface area contributed by atoms with Crippen LogP contribution in [0, 0.1) is 6.92 Å². The van der Waals surface area contributed by atoms with Crippen molar-refractivity contribution in [3.63, 3.8) is 0 Å². The van der Waals surface area contributed by atoms with Crippen molar-refractivity contribution in [1.82, 2.24) is 10.2 Å². The first-order valence-electron chi connectivity index (χ1n) is 6.71. The second-order valence-electron chi connectivity index (χ2n) is 4.89. The average molecular weight is 283 g/mol. The highest BCUT2D eigenvalue weighted by Crippen LogP contribution is 2.31. The molecule has 0 aliphatic rings. The van der Waals surface area contributed by atoms with Gasteiger partial charge in [-0.05, 0) is 37.4 Å². The van der Waals surface area contributed by atoms with Crippen LogP contribution in [0.4, 0.5) is 0 Å². The van der Waals surface area contributed by atoms with Gasteiger partial charge in [-0.3, -0.25) is 9.69 Å². The van der Waals surface area contributed by atoms with E-state index >= 15 is 0 Å². The third-order valence-electron chi connectivity index (χ3n) is 3.49. The lowest BCUT2D eigenvalue weighted by molar-refractivity contribution is -0.121. The highest BCUT2D eigenvalue weighted by atomic mass is 32.1. The molecule has 5 heteroatoms. The van der Waals surface area contributed by atoms with Crippen LogP contribution in [0.1, 0.15) is 36.2 Å². The summed E-state index contributed by atoms with van der Waals surface area (Å²) >= 11 is 1.75. The lowest BCUT2D eigenvalue weighted by atomic mass is 10.0. The van der Waals surface area contributed by atoms with E-state index in [0.29, 0.717) is 6.42 Å². The van der Waals surface area contributed by atoms with Gasteiger partial charge in [0.1, 0.15) is 0 Å². The lowest BCUT2D eigenvalue weighted by Gasteiger charge is -2.32. The van der Waals surface area contributed by atoms with Crippen molar-refractivity contribution in [1.29, 1.82) is 0 Å². The van der Waals surface area contributed by atoms with Crippen LogP contribution in [0.15, 0.2) is 11.4 Å². The molecule has 0 fully saturated rings. The zero-order valence-electron chi connectivity index (χ0n) is 12.3. The fourth-order valence-electron chi connectivity index (χ4n) is 2.17. The van der Waals surface area contributed by atoms with Crippen LogP contribution in [-0.2, 0) is 4.79 Å². The number of nitrogens with zero attached hydrogens (tertiary/aromatic N) is 1. The summed E-state index contributed by atoms with van der Waals surface area (Å²) in [5, 5.41) is 4.76. The summed E-state index contributed by atoms with van der Waals surface area (Å²) in [5.74, 6) is 0.0681. The van der Waals surface area contributed by atoms with Crippen LogP contribution in [0.25, 0.3) is 0 Å². The maximum atomic E-state index is 11.4. The number of amides is 1. The normalized spacial score (nSPS) is 14.4. The number of carbonyl (C=O) groups is 1. The second-order valence-corrected chi connectivity index (χ2v) is 5.84. The predicted molar refractivity (Wildman–Crippen MR) is 81.4 cm³/mol. The lowest BCUT2D eigenvalue weighted by Crippen LogP contribution is -2.40. The van der Waals surface area contributed by atoms with Gasteiger partial charge in [-0.25, -0.2) is 0 Å². The monoisotopic (exact) mass is 283 g/mol. The van der Waals surface area contributed by atoms with Crippen LogP contribution < -0.4 is 11.1 Å². The number of nitrogens with two attached hydrogens (primary N) is 1. The Kier molecular flexibility index (Phi) is 6.48. The van der Waals surface area contributed by atoms with Gasteiger partial charge in [0.2, 0.25) is 5.91 Å². The topological polar surface area (TPSA) is 58.4 Å². The molecule has 0 aliphatic carbocycles. The van der Waals surface area contributed by atoms with Crippen molar-refractivity contribution in [2.45, 2.75) is 38.8 Å². The first-order chi connectivity index (χ1) is 9.01. The van der Waals surface area contributed by atoms with Gasteiger partial charge < -0.3 is 11.1 Å². The predicted octanol–water partition coefficient (Wildman–Crippen LogP) is 1.90. The maximum absolute atomic E-state index is 11.4. The van der Waals surface area contributed by atoms with Gasteiger partial charge in [0.15, 0.2) is 0 Å². The van der Waals surface area contributed by atoms with Crippen molar-refractivity contribution in [3.05, 3.63) is 21.9 Å². The molecule has 2 unspecified atom stereocenters. The molecular weight excluding hydrogens is 258 g/mol. The van der Waals surface area contributed by atoms with E-state index < -0.39 is 0 Å². The standard InChI is InChI=1S/C14H25N3OS/c1-5-11(15)13(14-10(2)7-9-19-14)17(4)8-6-12(18)16-3/h7,9,11,13H,5-6,8,15H2,1-4H3,(H,16,18). The Balaban J connectivity index is 2.80. The van der Waals surface area contributed by atoms with Crippen molar-refractivity contribution < 1.29 is 4.79 Å². The van der Waals surface area contributed by atoms with Gasteiger partial charge in [-0.15, -0.1) is 11.3 Å². The number of likely N-dealkylation sites (N-methyl/N-ethyl adjacent to an activating group) is 1. The van der Waals surface area contributed by atoms with Gasteiger partial charge in [-0.2, -0.15) is 0 Å². The third-order valence-corrected chi connectivity index (χ3v) is 4.58. The SMILES string of the molecule is CCC(N)C(c1sccc1C)N(C)CCC(=O)NC. The summed E-state index contributed by atoms with van der Waals surface area (Å²) in [6.45, 7) is 4.94. The molecule has 0 radical (unpaired) electrons. The van der Waals surface area contributed by atoms with E-state index in [0.717, 1.165) is 13.0 Å². The molecule has 1 aromatic rings. The van der Waals surface area contributed by atoms with Crippen molar-refractivity contribution in [2.24, 2.45) is 5.73 Å². The molecule has 0 bridgehead atoms. The van der Waals surface area contributed by atoms with Crippen LogP contribution >= 0.6 is 11.3 Å². The summed E-state index contributed by atoms with van der Waals surface area (Å²) in [6.07, 6.45) is 1.43. The summed E-state index contributed by atoms with van der Waals surface area (Å²) in [5.41, 5.74) is 7.56. The number of aryl methyl sites for hydroxylation is 1. The molecule has 0 spiro atoms. The molecule has 108 valence electrons. The summed E-state index contributed by atoms with van der Waals surface area (Å²) in [6, 6.07) is 2.41. The third kappa shape index (κ3) is 4.30. The van der Waals surface area contributed by atoms with Crippen molar-refractivity contribution >= 4 is 17.2 Å². The molecule has 0 aromatic carbocycles. The van der Waals surface area contributed by atoms with Gasteiger partial charge in [0, 0.05) is 30.9 Å². The molecule has 1 rings (SSSR count). The van der Waals surface area contributed by atoms with E-state index in [2.05, 4.69) is 35.5 Å². The average Bonchev–Trinajstić information content (AvgIpc) is 2.82. The molecule has 0 saturated carbocycles. The van der Waals surface area contributed by atoms with E-state index in [9.17, 15) is 4.79 Å². The summed E-state index contributed by atoms with van der Waals surface area (Å²) in [4.78, 5) is 14.9. The minimum Gasteiger partial charge on any atom is -0.359 e. The van der Waals surface area contributed by atoms with E-state index in [4.69, 9.17) is 5.73 Å². The highest BCUT2D eigenvalue weighted by Gasteiger charge is 2.25. The van der Waals surface area contributed by atoms with E-state index in [1.807, 2.05) is 7.05 Å². The van der Waals surface area contributed by atoms with Gasteiger partial charge in [0.25, 0.3) is 0 Å². The van der Waals surface area contributed by atoms with Gasteiger partial charge >= 0.3 is 0 Å².